The molecule has 1 aliphatic carbocycles. The first-order valence-corrected chi connectivity index (χ1v) is 6.42. The number of aliphatic hydroxyl groups excluding tert-OH is 2. The molecular weight excluding hydrogens is 253 g/mol. The summed E-state index contributed by atoms with van der Waals surface area (Å²) in [6, 6.07) is 0. The maximum Gasteiger partial charge on any atom is 1.00 e. The van der Waals surface area contributed by atoms with E-state index in [4.69, 9.17) is 5.11 Å². The number of hydrogen-bond acceptors (Lipinski definition) is 5. The van der Waals surface area contributed by atoms with E-state index in [2.05, 4.69) is 0 Å². The van der Waals surface area contributed by atoms with Crippen molar-refractivity contribution in [1.29, 1.82) is 0 Å². The van der Waals surface area contributed by atoms with E-state index < -0.39 is 19.9 Å². The van der Waals surface area contributed by atoms with Gasteiger partial charge in [0.15, 0.2) is 5.85 Å². The van der Waals surface area contributed by atoms with Crippen LogP contribution in [0.1, 0.15) is 32.1 Å². The van der Waals surface area contributed by atoms with Crippen LogP contribution in [0.4, 0.5) is 0 Å². The van der Waals surface area contributed by atoms with Crippen molar-refractivity contribution in [3.8, 4) is 0 Å². The van der Waals surface area contributed by atoms with Crippen molar-refractivity contribution in [3.05, 3.63) is 0 Å². The van der Waals surface area contributed by atoms with E-state index in [9.17, 15) is 19.8 Å². The molecule has 1 fully saturated rings. The topological polar surface area (TPSA) is 110 Å². The molecule has 5 nitrogen and oxygen atoms in total. The van der Waals surface area contributed by atoms with Crippen LogP contribution in [-0.4, -0.2) is 22.2 Å². The van der Waals surface area contributed by atoms with Crippen molar-refractivity contribution < 1.29 is 84.0 Å². The molecule has 0 aromatic carbocycles. The fourth-order valence-electron chi connectivity index (χ4n) is 1.91. The molecule has 0 unspecified atom stereocenters. The van der Waals surface area contributed by atoms with E-state index >= 15 is 0 Å². The molecule has 0 radical (unpaired) electrons. The fourth-order valence-corrected chi connectivity index (χ4v) is 2.52. The van der Waals surface area contributed by atoms with Gasteiger partial charge < -0.3 is 24.9 Å². The minimum Gasteiger partial charge on any atom is -0.686 e. The summed E-state index contributed by atoms with van der Waals surface area (Å²) in [5, 5.41) is 18.5. The van der Waals surface area contributed by atoms with Crippen LogP contribution in [0.3, 0.4) is 0 Å². The Morgan fingerprint density at radius 1 is 0.938 bits per heavy atom. The molecule has 8 heteroatoms. The first-order chi connectivity index (χ1) is 6.43. The first kappa shape index (κ1) is 20.5. The van der Waals surface area contributed by atoms with Crippen molar-refractivity contribution in [3.63, 3.8) is 0 Å². The Morgan fingerprint density at radius 3 is 1.75 bits per heavy atom. The summed E-state index contributed by atoms with van der Waals surface area (Å²) in [5.74, 6) is -2.40. The quantitative estimate of drug-likeness (QED) is 0.390. The molecule has 1 rings (SSSR count). The smallest absolute Gasteiger partial charge is 0.686 e. The van der Waals surface area contributed by atoms with Gasteiger partial charge in [-0.1, -0.05) is 19.3 Å². The third-order valence-corrected chi connectivity index (χ3v) is 3.72. The minimum atomic E-state index is -5.07. The first-order valence-electron chi connectivity index (χ1n) is 4.81. The van der Waals surface area contributed by atoms with Gasteiger partial charge in [-0.05, 0) is 18.8 Å². The maximum absolute atomic E-state index is 10.5. The van der Waals surface area contributed by atoms with Crippen LogP contribution in [0, 0.1) is 5.92 Å². The second kappa shape index (κ2) is 9.18. The summed E-state index contributed by atoms with van der Waals surface area (Å²) < 4.78 is 0. The SMILES string of the molecule is [Na+].[Na+].[O-][P+]([O-])([O-])[C@H](O)[C@@H](O)C1CCCCC1. The number of aliphatic hydroxyl groups is 2. The monoisotopic (exact) mass is 268 g/mol. The Balaban J connectivity index is 0. The van der Waals surface area contributed by atoms with E-state index in [1.165, 1.54) is 0 Å². The van der Waals surface area contributed by atoms with Crippen molar-refractivity contribution in [2.45, 2.75) is 44.1 Å². The van der Waals surface area contributed by atoms with Gasteiger partial charge in [0.25, 0.3) is 0 Å². The predicted molar refractivity (Wildman–Crippen MR) is 45.5 cm³/mol. The summed E-state index contributed by atoms with van der Waals surface area (Å²) >= 11 is 0. The summed E-state index contributed by atoms with van der Waals surface area (Å²) in [5.41, 5.74) is 0. The van der Waals surface area contributed by atoms with Crippen LogP contribution in [-0.2, 0) is 0 Å². The van der Waals surface area contributed by atoms with Crippen LogP contribution >= 0.6 is 7.94 Å². The van der Waals surface area contributed by atoms with Gasteiger partial charge in [-0.3, -0.25) is 0 Å². The van der Waals surface area contributed by atoms with Gasteiger partial charge in [-0.15, -0.1) is 7.94 Å². The molecule has 1 saturated carbocycles. The predicted octanol–water partition coefficient (Wildman–Crippen LogP) is -7.90. The molecule has 2 N–H and O–H groups in total. The van der Waals surface area contributed by atoms with Crippen molar-refractivity contribution >= 4 is 7.94 Å². The third-order valence-electron chi connectivity index (χ3n) is 2.76. The molecule has 0 bridgehead atoms. The third kappa shape index (κ3) is 6.41. The van der Waals surface area contributed by atoms with Crippen molar-refractivity contribution in [2.24, 2.45) is 5.92 Å². The standard InChI is InChI=1S/C8H17O5P.2Na/c9-7(8(10)14(11,12)13)6-4-2-1-3-5-6;;/h6-10H,1-5H2,(H2,11,12,13);;/q;2*+1/p-2/t7-,8-;;/m0../s1. The van der Waals surface area contributed by atoms with Gasteiger partial charge in [0, 0.05) is 0 Å². The average Bonchev–Trinajstić information content (AvgIpc) is 2.15. The van der Waals surface area contributed by atoms with Gasteiger partial charge in [-0.2, -0.15) is 0 Å². The summed E-state index contributed by atoms with van der Waals surface area (Å²) in [7, 11) is -5.07. The van der Waals surface area contributed by atoms with Crippen molar-refractivity contribution in [1.82, 2.24) is 0 Å². The van der Waals surface area contributed by atoms with E-state index in [1.807, 2.05) is 0 Å². The van der Waals surface area contributed by atoms with Crippen molar-refractivity contribution in [2.75, 3.05) is 0 Å². The van der Waals surface area contributed by atoms with Gasteiger partial charge in [0.2, 0.25) is 0 Å². The molecule has 1 aliphatic rings. The zero-order valence-electron chi connectivity index (χ0n) is 9.83. The molecule has 84 valence electrons. The zero-order valence-corrected chi connectivity index (χ0v) is 14.7. The van der Waals surface area contributed by atoms with Gasteiger partial charge in [-0.25, -0.2) is 0 Å². The van der Waals surface area contributed by atoms with Crippen LogP contribution in [0.15, 0.2) is 0 Å². The summed E-state index contributed by atoms with van der Waals surface area (Å²) in [6.45, 7) is 0. The second-order valence-electron chi connectivity index (χ2n) is 3.84. The fraction of sp³-hybridized carbons (Fsp3) is 1.00. The van der Waals surface area contributed by atoms with Crippen LogP contribution in [0.5, 0.6) is 0 Å². The van der Waals surface area contributed by atoms with E-state index in [0.717, 1.165) is 19.3 Å². The maximum atomic E-state index is 10.5. The molecule has 0 aliphatic heterocycles. The van der Waals surface area contributed by atoms with Crippen LogP contribution in [0.25, 0.3) is 0 Å². The Hall–Kier alpha value is 2.23. The summed E-state index contributed by atoms with van der Waals surface area (Å²) in [4.78, 5) is 31.4. The average molecular weight is 268 g/mol. The van der Waals surface area contributed by atoms with Gasteiger partial charge in [0.1, 0.15) is 6.10 Å². The molecule has 16 heavy (non-hydrogen) atoms. The number of rotatable bonds is 3. The largest absolute Gasteiger partial charge is 1.00 e. The molecule has 0 spiro atoms. The van der Waals surface area contributed by atoms with E-state index in [1.54, 1.807) is 0 Å². The summed E-state index contributed by atoms with van der Waals surface area (Å²) in [6.07, 6.45) is 2.82. The van der Waals surface area contributed by atoms with E-state index in [-0.39, 0.29) is 65.0 Å². The molecule has 0 aromatic heterocycles. The van der Waals surface area contributed by atoms with Crippen LogP contribution in [0.2, 0.25) is 0 Å². The minimum absolute atomic E-state index is 0. The number of hydrogen-bond donors (Lipinski definition) is 2. The Morgan fingerprint density at radius 2 is 1.38 bits per heavy atom. The Kier molecular flexibility index (Phi) is 11.8. The molecular formula is C8H15Na2O5P. The molecule has 0 heterocycles. The molecule has 2 atom stereocenters. The van der Waals surface area contributed by atoms with E-state index in [0.29, 0.717) is 12.8 Å². The zero-order chi connectivity index (χ0) is 10.8. The van der Waals surface area contributed by atoms with Gasteiger partial charge >= 0.3 is 59.1 Å². The normalized spacial score (nSPS) is 21.6. The van der Waals surface area contributed by atoms with Gasteiger partial charge in [0.05, 0.1) is 0 Å². The molecule has 0 aromatic rings. The molecule has 0 amide bonds. The molecule has 0 saturated heterocycles. The Bertz CT molecular complexity index is 184. The second-order valence-corrected chi connectivity index (χ2v) is 5.45. The van der Waals surface area contributed by atoms with Crippen LogP contribution < -0.4 is 73.8 Å². The Labute approximate surface area is 140 Å².